The number of amides is 3. The normalized spacial score (nSPS) is 10.4. The Morgan fingerprint density at radius 1 is 1.16 bits per heavy atom. The first-order chi connectivity index (χ1) is 11.8. The lowest BCUT2D eigenvalue weighted by Gasteiger charge is -2.10. The molecule has 2 heterocycles. The maximum atomic E-state index is 12.1. The zero-order valence-corrected chi connectivity index (χ0v) is 15.0. The summed E-state index contributed by atoms with van der Waals surface area (Å²) in [6, 6.07) is -0.318. The molecule has 2 rings (SSSR count). The molecule has 2 aromatic heterocycles. The Labute approximate surface area is 145 Å². The Balaban J connectivity index is 1.91. The summed E-state index contributed by atoms with van der Waals surface area (Å²) < 4.78 is 0. The van der Waals surface area contributed by atoms with Gasteiger partial charge in [-0.2, -0.15) is 9.90 Å². The molecule has 0 aliphatic carbocycles. The van der Waals surface area contributed by atoms with E-state index in [0.29, 0.717) is 12.4 Å². The van der Waals surface area contributed by atoms with Gasteiger partial charge in [0.15, 0.2) is 5.82 Å². The van der Waals surface area contributed by atoms with E-state index in [0.717, 1.165) is 17.0 Å². The van der Waals surface area contributed by atoms with Gasteiger partial charge in [-0.15, -0.1) is 5.10 Å². The average molecular weight is 346 g/mol. The average Bonchev–Trinajstić information content (AvgIpc) is 2.92. The number of aryl methyl sites for hydroxylation is 3. The molecule has 0 aliphatic rings. The monoisotopic (exact) mass is 346 g/mol. The fraction of sp³-hybridized carbons (Fsp3) is 0.467. The maximum Gasteiger partial charge on any atom is 0.322 e. The number of carbonyl (C=O) groups excluding carboxylic acids is 2. The van der Waals surface area contributed by atoms with Crippen LogP contribution in [-0.4, -0.2) is 55.9 Å². The van der Waals surface area contributed by atoms with Crippen molar-refractivity contribution < 1.29 is 9.59 Å². The Bertz CT molecular complexity index is 761. The number of urea groups is 1. The molecule has 0 aliphatic heterocycles. The molecule has 2 N–H and O–H groups in total. The summed E-state index contributed by atoms with van der Waals surface area (Å²) in [7, 11) is 3.23. The summed E-state index contributed by atoms with van der Waals surface area (Å²) in [5.41, 5.74) is 2.58. The van der Waals surface area contributed by atoms with Crippen LogP contribution in [0.3, 0.4) is 0 Å². The van der Waals surface area contributed by atoms with E-state index in [1.54, 1.807) is 14.1 Å². The minimum atomic E-state index is -0.318. The molecular weight excluding hydrogens is 324 g/mol. The Kier molecular flexibility index (Phi) is 5.63. The number of anilines is 1. The quantitative estimate of drug-likeness (QED) is 0.809. The molecule has 0 spiro atoms. The van der Waals surface area contributed by atoms with Crippen LogP contribution in [0, 0.1) is 20.8 Å². The van der Waals surface area contributed by atoms with E-state index in [9.17, 15) is 9.59 Å². The van der Waals surface area contributed by atoms with Gasteiger partial charge in [0.1, 0.15) is 12.4 Å². The van der Waals surface area contributed by atoms with Crippen LogP contribution in [-0.2, 0) is 17.9 Å². The van der Waals surface area contributed by atoms with E-state index in [-0.39, 0.29) is 24.3 Å². The summed E-state index contributed by atoms with van der Waals surface area (Å²) in [6.07, 6.45) is 1.39. The predicted molar refractivity (Wildman–Crippen MR) is 90.8 cm³/mol. The van der Waals surface area contributed by atoms with Gasteiger partial charge in [-0.25, -0.2) is 14.8 Å². The maximum absolute atomic E-state index is 12.1. The minimum absolute atomic E-state index is 0.0529. The molecule has 10 heteroatoms. The van der Waals surface area contributed by atoms with Crippen molar-refractivity contribution in [3.8, 4) is 0 Å². The zero-order valence-electron chi connectivity index (χ0n) is 15.0. The van der Waals surface area contributed by atoms with Crippen LogP contribution in [0.4, 0.5) is 10.6 Å². The summed E-state index contributed by atoms with van der Waals surface area (Å²) in [6.45, 7) is 5.89. The van der Waals surface area contributed by atoms with Crippen molar-refractivity contribution in [3.05, 3.63) is 29.0 Å². The molecule has 25 heavy (non-hydrogen) atoms. The third kappa shape index (κ3) is 4.96. The Morgan fingerprint density at radius 3 is 2.40 bits per heavy atom. The van der Waals surface area contributed by atoms with Gasteiger partial charge in [0, 0.05) is 37.6 Å². The van der Waals surface area contributed by atoms with Crippen LogP contribution in [0.15, 0.2) is 6.20 Å². The molecule has 0 aromatic carbocycles. The highest BCUT2D eigenvalue weighted by Gasteiger charge is 2.11. The highest BCUT2D eigenvalue weighted by atomic mass is 16.2. The molecule has 0 bridgehead atoms. The van der Waals surface area contributed by atoms with E-state index in [4.69, 9.17) is 0 Å². The molecule has 134 valence electrons. The molecular formula is C15H22N8O2. The standard InChI is InChI=1S/C15H22N8O2/c1-9-12(10(2)19-11(3)18-9)6-16-14(24)8-23-17-7-13(21-23)20-15(25)22(4)5/h7H,6,8H2,1-5H3,(H,16,24)(H,20,21,25). The first kappa shape index (κ1) is 18.3. The second kappa shape index (κ2) is 7.69. The van der Waals surface area contributed by atoms with Gasteiger partial charge in [-0.3, -0.25) is 10.1 Å². The van der Waals surface area contributed by atoms with E-state index in [1.165, 1.54) is 15.9 Å². The fourth-order valence-electron chi connectivity index (χ4n) is 2.19. The molecule has 0 saturated heterocycles. The van der Waals surface area contributed by atoms with Gasteiger partial charge in [-0.1, -0.05) is 0 Å². The summed E-state index contributed by atoms with van der Waals surface area (Å²) in [5.74, 6) is 0.740. The van der Waals surface area contributed by atoms with Crippen LogP contribution in [0.1, 0.15) is 22.8 Å². The van der Waals surface area contributed by atoms with Crippen molar-refractivity contribution in [1.29, 1.82) is 0 Å². The van der Waals surface area contributed by atoms with Crippen molar-refractivity contribution >= 4 is 17.8 Å². The number of carbonyl (C=O) groups is 2. The van der Waals surface area contributed by atoms with Crippen LogP contribution in [0.25, 0.3) is 0 Å². The van der Waals surface area contributed by atoms with E-state index in [1.807, 2.05) is 20.8 Å². The molecule has 0 saturated carbocycles. The second-order valence-electron chi connectivity index (χ2n) is 5.78. The Hall–Kier alpha value is -3.04. The number of rotatable bonds is 5. The highest BCUT2D eigenvalue weighted by Crippen LogP contribution is 2.09. The molecule has 0 unspecified atom stereocenters. The highest BCUT2D eigenvalue weighted by molar-refractivity contribution is 5.87. The minimum Gasteiger partial charge on any atom is -0.350 e. The number of nitrogens with zero attached hydrogens (tertiary/aromatic N) is 6. The van der Waals surface area contributed by atoms with Crippen LogP contribution < -0.4 is 10.6 Å². The van der Waals surface area contributed by atoms with Crippen LogP contribution in [0.5, 0.6) is 0 Å². The number of aromatic nitrogens is 5. The lowest BCUT2D eigenvalue weighted by molar-refractivity contribution is -0.122. The van der Waals surface area contributed by atoms with Crippen molar-refractivity contribution in [1.82, 2.24) is 35.2 Å². The van der Waals surface area contributed by atoms with Gasteiger partial charge >= 0.3 is 6.03 Å². The second-order valence-corrected chi connectivity index (χ2v) is 5.78. The number of nitrogens with one attached hydrogen (secondary N) is 2. The van der Waals surface area contributed by atoms with Gasteiger partial charge in [0.25, 0.3) is 0 Å². The van der Waals surface area contributed by atoms with Crippen LogP contribution in [0.2, 0.25) is 0 Å². The Morgan fingerprint density at radius 2 is 1.80 bits per heavy atom. The van der Waals surface area contributed by atoms with Crippen molar-refractivity contribution in [2.45, 2.75) is 33.9 Å². The third-order valence-corrected chi connectivity index (χ3v) is 3.46. The summed E-state index contributed by atoms with van der Waals surface area (Å²) in [5, 5.41) is 13.4. The molecule has 3 amide bonds. The SMILES string of the molecule is Cc1nc(C)c(CNC(=O)Cn2ncc(NC(=O)N(C)C)n2)c(C)n1. The largest absolute Gasteiger partial charge is 0.350 e. The van der Waals surface area contributed by atoms with Gasteiger partial charge in [-0.05, 0) is 20.8 Å². The zero-order chi connectivity index (χ0) is 18.6. The number of hydrogen-bond donors (Lipinski definition) is 2. The lowest BCUT2D eigenvalue weighted by atomic mass is 10.1. The lowest BCUT2D eigenvalue weighted by Crippen LogP contribution is -2.29. The van der Waals surface area contributed by atoms with Gasteiger partial charge in [0.2, 0.25) is 5.91 Å². The van der Waals surface area contributed by atoms with E-state index >= 15 is 0 Å². The van der Waals surface area contributed by atoms with Crippen molar-refractivity contribution in [2.24, 2.45) is 0 Å². The molecule has 0 atom stereocenters. The topological polar surface area (TPSA) is 118 Å². The molecule has 0 fully saturated rings. The van der Waals surface area contributed by atoms with E-state index in [2.05, 4.69) is 30.8 Å². The molecule has 2 aromatic rings. The smallest absolute Gasteiger partial charge is 0.322 e. The van der Waals surface area contributed by atoms with Crippen LogP contribution >= 0.6 is 0 Å². The molecule has 10 nitrogen and oxygen atoms in total. The number of hydrogen-bond acceptors (Lipinski definition) is 6. The van der Waals surface area contributed by atoms with Crippen molar-refractivity contribution in [2.75, 3.05) is 19.4 Å². The predicted octanol–water partition coefficient (Wildman–Crippen LogP) is 0.403. The van der Waals surface area contributed by atoms with E-state index < -0.39 is 0 Å². The van der Waals surface area contributed by atoms with Crippen molar-refractivity contribution in [3.63, 3.8) is 0 Å². The first-order valence-electron chi connectivity index (χ1n) is 7.72. The first-order valence-corrected chi connectivity index (χ1v) is 7.72. The fourth-order valence-corrected chi connectivity index (χ4v) is 2.19. The van der Waals surface area contributed by atoms with Gasteiger partial charge < -0.3 is 10.2 Å². The van der Waals surface area contributed by atoms with Gasteiger partial charge in [0.05, 0.1) is 6.20 Å². The third-order valence-electron chi connectivity index (χ3n) is 3.46. The molecule has 0 radical (unpaired) electrons. The summed E-state index contributed by atoms with van der Waals surface area (Å²) in [4.78, 5) is 34.8. The summed E-state index contributed by atoms with van der Waals surface area (Å²) >= 11 is 0.